The van der Waals surface area contributed by atoms with E-state index in [1.165, 1.54) is 0 Å². The number of nitrogens with one attached hydrogen (secondary N) is 2. The van der Waals surface area contributed by atoms with Gasteiger partial charge < -0.3 is 15.5 Å². The van der Waals surface area contributed by atoms with E-state index in [0.717, 1.165) is 35.7 Å². The van der Waals surface area contributed by atoms with Gasteiger partial charge in [-0.25, -0.2) is 0 Å². The van der Waals surface area contributed by atoms with Crippen LogP contribution in [0.1, 0.15) is 12.8 Å². The summed E-state index contributed by atoms with van der Waals surface area (Å²) < 4.78 is 0. The van der Waals surface area contributed by atoms with Gasteiger partial charge in [-0.15, -0.1) is 23.5 Å². The zero-order valence-corrected chi connectivity index (χ0v) is 19.1. The molecule has 0 saturated heterocycles. The van der Waals surface area contributed by atoms with Crippen LogP contribution in [0.15, 0.2) is 70.5 Å². The third kappa shape index (κ3) is 11.3. The van der Waals surface area contributed by atoms with Gasteiger partial charge in [0.15, 0.2) is 0 Å². The SMILES string of the molecule is CN(CCCNC(=O)CSc1ccccc1)CCCNC(=O)CSc1ccccc1. The fourth-order valence-electron chi connectivity index (χ4n) is 2.70. The van der Waals surface area contributed by atoms with Gasteiger partial charge >= 0.3 is 0 Å². The van der Waals surface area contributed by atoms with Crippen LogP contribution < -0.4 is 10.6 Å². The van der Waals surface area contributed by atoms with E-state index in [4.69, 9.17) is 0 Å². The fraction of sp³-hybridized carbons (Fsp3) is 0.391. The Morgan fingerprint density at radius 1 is 0.733 bits per heavy atom. The highest BCUT2D eigenvalue weighted by atomic mass is 32.2. The van der Waals surface area contributed by atoms with Crippen molar-refractivity contribution in [3.05, 3.63) is 60.7 Å². The first-order valence-electron chi connectivity index (χ1n) is 10.2. The second kappa shape index (κ2) is 14.9. The van der Waals surface area contributed by atoms with E-state index in [9.17, 15) is 9.59 Å². The molecule has 0 unspecified atom stereocenters. The number of thioether (sulfide) groups is 2. The van der Waals surface area contributed by atoms with Gasteiger partial charge in [-0.3, -0.25) is 9.59 Å². The van der Waals surface area contributed by atoms with Gasteiger partial charge in [0.05, 0.1) is 11.5 Å². The van der Waals surface area contributed by atoms with E-state index in [1.54, 1.807) is 23.5 Å². The van der Waals surface area contributed by atoms with Crippen LogP contribution in [0, 0.1) is 0 Å². The highest BCUT2D eigenvalue weighted by molar-refractivity contribution is 8.00. The maximum atomic E-state index is 11.9. The minimum absolute atomic E-state index is 0.0718. The molecular weight excluding hydrogens is 414 g/mol. The number of benzene rings is 2. The lowest BCUT2D eigenvalue weighted by Crippen LogP contribution is -2.31. The molecule has 2 aromatic rings. The molecule has 2 rings (SSSR count). The summed E-state index contributed by atoms with van der Waals surface area (Å²) in [4.78, 5) is 28.2. The molecule has 162 valence electrons. The molecule has 2 N–H and O–H groups in total. The van der Waals surface area contributed by atoms with E-state index in [0.29, 0.717) is 24.6 Å². The largest absolute Gasteiger partial charge is 0.355 e. The number of carbonyl (C=O) groups is 2. The van der Waals surface area contributed by atoms with Gasteiger partial charge in [-0.2, -0.15) is 0 Å². The van der Waals surface area contributed by atoms with Crippen LogP contribution >= 0.6 is 23.5 Å². The summed E-state index contributed by atoms with van der Waals surface area (Å²) in [5, 5.41) is 5.94. The molecule has 0 aromatic heterocycles. The molecule has 0 heterocycles. The topological polar surface area (TPSA) is 61.4 Å². The predicted octanol–water partition coefficient (Wildman–Crippen LogP) is 3.52. The van der Waals surface area contributed by atoms with Crippen LogP contribution in [-0.4, -0.2) is 61.4 Å². The molecule has 0 atom stereocenters. The lowest BCUT2D eigenvalue weighted by molar-refractivity contribution is -0.119. The van der Waals surface area contributed by atoms with Crippen molar-refractivity contribution in [2.24, 2.45) is 0 Å². The molecule has 0 aliphatic rings. The summed E-state index contributed by atoms with van der Waals surface area (Å²) in [5.74, 6) is 1.04. The summed E-state index contributed by atoms with van der Waals surface area (Å²) in [6, 6.07) is 19.9. The second-order valence-corrected chi connectivity index (χ2v) is 9.01. The maximum Gasteiger partial charge on any atom is 0.230 e. The van der Waals surface area contributed by atoms with Crippen molar-refractivity contribution in [3.8, 4) is 0 Å². The molecular formula is C23H31N3O2S2. The Morgan fingerprint density at radius 2 is 1.13 bits per heavy atom. The molecule has 7 heteroatoms. The van der Waals surface area contributed by atoms with Gasteiger partial charge in [-0.05, 0) is 57.2 Å². The van der Waals surface area contributed by atoms with Crippen molar-refractivity contribution >= 4 is 35.3 Å². The first-order chi connectivity index (χ1) is 14.6. The third-order valence-electron chi connectivity index (χ3n) is 4.30. The smallest absolute Gasteiger partial charge is 0.230 e. The van der Waals surface area contributed by atoms with Crippen LogP contribution in [-0.2, 0) is 9.59 Å². The Labute approximate surface area is 188 Å². The van der Waals surface area contributed by atoms with E-state index in [-0.39, 0.29) is 11.8 Å². The van der Waals surface area contributed by atoms with Crippen molar-refractivity contribution in [2.45, 2.75) is 22.6 Å². The Morgan fingerprint density at radius 3 is 1.53 bits per heavy atom. The summed E-state index contributed by atoms with van der Waals surface area (Å²) in [6.07, 6.45) is 1.83. The van der Waals surface area contributed by atoms with Crippen LogP contribution in [0.25, 0.3) is 0 Å². The molecule has 30 heavy (non-hydrogen) atoms. The molecule has 0 saturated carbocycles. The minimum Gasteiger partial charge on any atom is -0.355 e. The zero-order valence-electron chi connectivity index (χ0n) is 17.5. The van der Waals surface area contributed by atoms with Crippen LogP contribution in [0.2, 0.25) is 0 Å². The molecule has 0 fully saturated rings. The Kier molecular flexibility index (Phi) is 12.1. The zero-order chi connectivity index (χ0) is 21.4. The number of hydrogen-bond donors (Lipinski definition) is 2. The van der Waals surface area contributed by atoms with Crippen molar-refractivity contribution < 1.29 is 9.59 Å². The molecule has 0 spiro atoms. The van der Waals surface area contributed by atoms with Gasteiger partial charge in [0.25, 0.3) is 0 Å². The van der Waals surface area contributed by atoms with Gasteiger partial charge in [-0.1, -0.05) is 36.4 Å². The Bertz CT molecular complexity index is 681. The molecule has 0 radical (unpaired) electrons. The van der Waals surface area contributed by atoms with E-state index in [1.807, 2.05) is 60.7 Å². The molecule has 2 aromatic carbocycles. The number of rotatable bonds is 14. The van der Waals surface area contributed by atoms with E-state index in [2.05, 4.69) is 22.6 Å². The van der Waals surface area contributed by atoms with Crippen molar-refractivity contribution in [3.63, 3.8) is 0 Å². The summed E-state index contributed by atoms with van der Waals surface area (Å²) in [7, 11) is 2.07. The van der Waals surface area contributed by atoms with Gasteiger partial charge in [0.1, 0.15) is 0 Å². The average Bonchev–Trinajstić information content (AvgIpc) is 2.78. The van der Waals surface area contributed by atoms with Crippen molar-refractivity contribution in [1.29, 1.82) is 0 Å². The summed E-state index contributed by atoms with van der Waals surface area (Å²) >= 11 is 3.10. The highest BCUT2D eigenvalue weighted by Gasteiger charge is 2.05. The Balaban J connectivity index is 1.42. The normalized spacial score (nSPS) is 10.7. The molecule has 0 aliphatic heterocycles. The summed E-state index contributed by atoms with van der Waals surface area (Å²) in [6.45, 7) is 3.21. The minimum atomic E-state index is 0.0718. The predicted molar refractivity (Wildman–Crippen MR) is 127 cm³/mol. The monoisotopic (exact) mass is 445 g/mol. The summed E-state index contributed by atoms with van der Waals surface area (Å²) in [5.41, 5.74) is 0. The Hall–Kier alpha value is -1.96. The van der Waals surface area contributed by atoms with Crippen molar-refractivity contribution in [2.75, 3.05) is 44.7 Å². The van der Waals surface area contributed by atoms with Crippen molar-refractivity contribution in [1.82, 2.24) is 15.5 Å². The van der Waals surface area contributed by atoms with E-state index < -0.39 is 0 Å². The first kappa shape index (κ1) is 24.3. The maximum absolute atomic E-state index is 11.9. The lowest BCUT2D eigenvalue weighted by Gasteiger charge is -2.16. The fourth-order valence-corrected chi connectivity index (χ4v) is 4.20. The second-order valence-electron chi connectivity index (χ2n) is 6.91. The highest BCUT2D eigenvalue weighted by Crippen LogP contribution is 2.16. The number of hydrogen-bond acceptors (Lipinski definition) is 5. The van der Waals surface area contributed by atoms with E-state index >= 15 is 0 Å². The van der Waals surface area contributed by atoms with Crippen LogP contribution in [0.4, 0.5) is 0 Å². The van der Waals surface area contributed by atoms with Gasteiger partial charge in [0.2, 0.25) is 11.8 Å². The van der Waals surface area contributed by atoms with Crippen LogP contribution in [0.5, 0.6) is 0 Å². The third-order valence-corrected chi connectivity index (χ3v) is 6.33. The quantitative estimate of drug-likeness (QED) is 0.344. The number of nitrogens with zero attached hydrogens (tertiary/aromatic N) is 1. The van der Waals surface area contributed by atoms with Crippen LogP contribution in [0.3, 0.4) is 0 Å². The average molecular weight is 446 g/mol. The number of amides is 2. The number of carbonyl (C=O) groups excluding carboxylic acids is 2. The lowest BCUT2D eigenvalue weighted by atomic mass is 10.3. The standard InChI is InChI=1S/C23H31N3O2S2/c1-26(16-8-14-24-22(27)18-29-20-10-4-2-5-11-20)17-9-15-25-23(28)19-30-21-12-6-3-7-13-21/h2-7,10-13H,8-9,14-19H2,1H3,(H,24,27)(H,25,28). The molecule has 0 bridgehead atoms. The molecule has 0 aliphatic carbocycles. The van der Waals surface area contributed by atoms with Gasteiger partial charge in [0, 0.05) is 22.9 Å². The first-order valence-corrected chi connectivity index (χ1v) is 12.2. The molecule has 2 amide bonds. The molecule has 5 nitrogen and oxygen atoms in total.